The van der Waals surface area contributed by atoms with Crippen LogP contribution in [0, 0.1) is 0 Å². The standard InChI is InChI=1S/C19H12N2O2/c22-18-14(12-7-3-1-5-9-16(12)20-18)11-15-13-8-4-2-6-10-17(13)21-19(15)23/h1-11H,(H,20,22)/p+1. The zero-order valence-electron chi connectivity index (χ0n) is 12.2. The number of hydrogen-bond acceptors (Lipinski definition) is 2. The molecule has 0 fully saturated rings. The molecule has 110 valence electrons. The molecule has 0 saturated carbocycles. The Balaban J connectivity index is 1.90. The van der Waals surface area contributed by atoms with Crippen LogP contribution in [-0.2, 0) is 4.79 Å². The maximum atomic E-state index is 12.3. The molecule has 1 amide bonds. The smallest absolute Gasteiger partial charge is 0.321 e. The van der Waals surface area contributed by atoms with E-state index in [1.807, 2.05) is 60.7 Å². The molecule has 0 aromatic heterocycles. The van der Waals surface area contributed by atoms with Crippen molar-refractivity contribution in [2.75, 3.05) is 0 Å². The Morgan fingerprint density at radius 1 is 1.00 bits per heavy atom. The minimum Gasteiger partial charge on any atom is -0.321 e. The van der Waals surface area contributed by atoms with Crippen molar-refractivity contribution in [1.82, 2.24) is 4.98 Å². The molecule has 0 unspecified atom stereocenters. The van der Waals surface area contributed by atoms with Crippen molar-refractivity contribution >= 4 is 17.7 Å². The molecule has 2 heterocycles. The average molecular weight is 301 g/mol. The number of carbonyl (C=O) groups excluding carboxylic acids is 1. The summed E-state index contributed by atoms with van der Waals surface area (Å²) in [5, 5.41) is 0. The number of aromatic amines is 1. The fourth-order valence-electron chi connectivity index (χ4n) is 2.84. The number of H-pyrrole nitrogens is 1. The summed E-state index contributed by atoms with van der Waals surface area (Å²) in [5.41, 5.74) is 3.91. The van der Waals surface area contributed by atoms with Crippen LogP contribution in [0.1, 0.15) is 5.56 Å². The lowest BCUT2D eigenvalue weighted by Crippen LogP contribution is -2.73. The van der Waals surface area contributed by atoms with Crippen LogP contribution in [0.5, 0.6) is 0 Å². The molecule has 0 radical (unpaired) electrons. The van der Waals surface area contributed by atoms with E-state index in [1.165, 1.54) is 0 Å². The van der Waals surface area contributed by atoms with E-state index >= 15 is 0 Å². The first-order chi connectivity index (χ1) is 11.2. The Morgan fingerprint density at radius 2 is 1.87 bits per heavy atom. The van der Waals surface area contributed by atoms with Crippen LogP contribution < -0.4 is 10.6 Å². The van der Waals surface area contributed by atoms with E-state index in [0.717, 1.165) is 22.5 Å². The van der Waals surface area contributed by atoms with E-state index < -0.39 is 0 Å². The third kappa shape index (κ3) is 2.21. The monoisotopic (exact) mass is 301 g/mol. The van der Waals surface area contributed by atoms with Gasteiger partial charge in [0.05, 0.1) is 5.57 Å². The molecule has 4 rings (SSSR count). The number of rotatable bonds is 1. The zero-order valence-corrected chi connectivity index (χ0v) is 12.2. The molecule has 4 aliphatic rings. The molecule has 0 aromatic rings. The van der Waals surface area contributed by atoms with Gasteiger partial charge in [-0.05, 0) is 18.2 Å². The average Bonchev–Trinajstić information content (AvgIpc) is 2.81. The molecule has 2 N–H and O–H groups in total. The van der Waals surface area contributed by atoms with Gasteiger partial charge in [0.1, 0.15) is 5.57 Å². The molecule has 4 heteroatoms. The van der Waals surface area contributed by atoms with Gasteiger partial charge in [0.2, 0.25) is 5.71 Å². The number of aromatic nitrogens is 1. The molecule has 0 spiro atoms. The Kier molecular flexibility index (Phi) is 3.01. The lowest BCUT2D eigenvalue weighted by Gasteiger charge is -1.96. The lowest BCUT2D eigenvalue weighted by atomic mass is 10.00. The van der Waals surface area contributed by atoms with E-state index in [2.05, 4.69) is 9.98 Å². The van der Waals surface area contributed by atoms with Crippen molar-refractivity contribution in [3.05, 3.63) is 87.8 Å². The normalized spacial score (nSPS) is 18.1. The highest BCUT2D eigenvalue weighted by molar-refractivity contribution is 6.22. The van der Waals surface area contributed by atoms with Gasteiger partial charge < -0.3 is 4.98 Å². The van der Waals surface area contributed by atoms with E-state index in [-0.39, 0.29) is 11.5 Å². The molecule has 0 aromatic carbocycles. The summed E-state index contributed by atoms with van der Waals surface area (Å²) >= 11 is 0. The summed E-state index contributed by atoms with van der Waals surface area (Å²) in [7, 11) is 0. The van der Waals surface area contributed by atoms with Crippen molar-refractivity contribution in [3.8, 4) is 11.3 Å². The molecule has 0 bridgehead atoms. The Morgan fingerprint density at radius 3 is 2.78 bits per heavy atom. The van der Waals surface area contributed by atoms with Crippen LogP contribution in [0.15, 0.2) is 76.7 Å². The fourth-order valence-corrected chi connectivity index (χ4v) is 2.84. The molecular weight excluding hydrogens is 288 g/mol. The van der Waals surface area contributed by atoms with Crippen LogP contribution in [-0.4, -0.2) is 16.6 Å². The second kappa shape index (κ2) is 5.18. The summed E-state index contributed by atoms with van der Waals surface area (Å²) < 4.78 is 0. The third-order valence-corrected chi connectivity index (χ3v) is 3.93. The maximum absolute atomic E-state index is 12.3. The highest BCUT2D eigenvalue weighted by Crippen LogP contribution is 2.25. The number of hydrogen-bond donors (Lipinski definition) is 2. The molecule has 2 aliphatic heterocycles. The van der Waals surface area contributed by atoms with Gasteiger partial charge in [-0.1, -0.05) is 42.5 Å². The number of carbonyl (C=O) groups is 1. The van der Waals surface area contributed by atoms with E-state index in [4.69, 9.17) is 0 Å². The highest BCUT2D eigenvalue weighted by Gasteiger charge is 2.33. The summed E-state index contributed by atoms with van der Waals surface area (Å²) in [4.78, 5) is 30.2. The SMILES string of the molecule is O=C1[NH+]=C2C=CC=CC=C2C1=Cc1c2cccccc-2[nH]c1=O. The molecule has 2 aliphatic carbocycles. The second-order valence-electron chi connectivity index (χ2n) is 5.36. The van der Waals surface area contributed by atoms with Gasteiger partial charge in [-0.15, -0.1) is 0 Å². The minimum absolute atomic E-state index is 0.194. The quantitative estimate of drug-likeness (QED) is 0.771. The topological polar surface area (TPSA) is 63.9 Å². The van der Waals surface area contributed by atoms with Gasteiger partial charge in [-0.2, -0.15) is 4.99 Å². The van der Waals surface area contributed by atoms with Gasteiger partial charge in [-0.3, -0.25) is 4.79 Å². The van der Waals surface area contributed by atoms with Crippen molar-refractivity contribution in [1.29, 1.82) is 0 Å². The van der Waals surface area contributed by atoms with Crippen LogP contribution in [0.2, 0.25) is 0 Å². The van der Waals surface area contributed by atoms with Gasteiger partial charge in [0.25, 0.3) is 5.56 Å². The van der Waals surface area contributed by atoms with Crippen molar-refractivity contribution in [2.24, 2.45) is 0 Å². The summed E-state index contributed by atoms with van der Waals surface area (Å²) in [6.07, 6.45) is 11.0. The highest BCUT2D eigenvalue weighted by atomic mass is 16.1. The molecule has 0 atom stereocenters. The van der Waals surface area contributed by atoms with E-state index in [0.29, 0.717) is 11.1 Å². The number of nitrogens with one attached hydrogen (secondary N) is 2. The number of amides is 1. The molecule has 4 nitrogen and oxygen atoms in total. The van der Waals surface area contributed by atoms with Crippen molar-refractivity contribution in [2.45, 2.75) is 0 Å². The predicted molar refractivity (Wildman–Crippen MR) is 89.0 cm³/mol. The summed E-state index contributed by atoms with van der Waals surface area (Å²) in [6, 6.07) is 9.36. The second-order valence-corrected chi connectivity index (χ2v) is 5.36. The fraction of sp³-hybridized carbons (Fsp3) is 0. The third-order valence-electron chi connectivity index (χ3n) is 3.93. The minimum atomic E-state index is -0.194. The number of allylic oxidation sites excluding steroid dienone is 5. The van der Waals surface area contributed by atoms with Gasteiger partial charge >= 0.3 is 5.91 Å². The Hall–Kier alpha value is -3.27. The first kappa shape index (κ1) is 13.4. The maximum Gasteiger partial charge on any atom is 0.419 e. The largest absolute Gasteiger partial charge is 0.419 e. The Labute approximate surface area is 132 Å². The summed E-state index contributed by atoms with van der Waals surface area (Å²) in [6.45, 7) is 0. The zero-order chi connectivity index (χ0) is 15.8. The molecular formula is C19H13N2O2+. The first-order valence-corrected chi connectivity index (χ1v) is 7.31. The van der Waals surface area contributed by atoms with Crippen LogP contribution in [0.25, 0.3) is 17.3 Å². The van der Waals surface area contributed by atoms with Crippen molar-refractivity contribution < 1.29 is 9.79 Å². The van der Waals surface area contributed by atoms with Crippen LogP contribution >= 0.6 is 0 Å². The summed E-state index contributed by atoms with van der Waals surface area (Å²) in [5.74, 6) is -0.194. The van der Waals surface area contributed by atoms with Crippen molar-refractivity contribution in [3.63, 3.8) is 0 Å². The molecule has 23 heavy (non-hydrogen) atoms. The van der Waals surface area contributed by atoms with Crippen LogP contribution in [0.3, 0.4) is 0 Å². The molecule has 0 saturated heterocycles. The van der Waals surface area contributed by atoms with Gasteiger partial charge in [0.15, 0.2) is 0 Å². The van der Waals surface area contributed by atoms with Crippen LogP contribution in [0.4, 0.5) is 0 Å². The number of fused-ring (bicyclic) bond motifs is 2. The van der Waals surface area contributed by atoms with Gasteiger partial charge in [-0.25, -0.2) is 4.79 Å². The van der Waals surface area contributed by atoms with E-state index in [9.17, 15) is 9.59 Å². The van der Waals surface area contributed by atoms with E-state index in [1.54, 1.807) is 6.08 Å². The lowest BCUT2D eigenvalue weighted by molar-refractivity contribution is -0.366. The van der Waals surface area contributed by atoms with Gasteiger partial charge in [0, 0.05) is 22.9 Å². The predicted octanol–water partition coefficient (Wildman–Crippen LogP) is 0.977. The Bertz CT molecular complexity index is 1000. The first-order valence-electron chi connectivity index (χ1n) is 7.31.